The van der Waals surface area contributed by atoms with Crippen molar-refractivity contribution in [3.63, 3.8) is 0 Å². The zero-order chi connectivity index (χ0) is 15.5. The largest absolute Gasteiger partial charge is 0.207 e. The van der Waals surface area contributed by atoms with Gasteiger partial charge in [-0.2, -0.15) is 0 Å². The molecule has 0 atom stereocenters. The minimum Gasteiger partial charge on any atom is -0.207 e. The summed E-state index contributed by atoms with van der Waals surface area (Å²) in [6.07, 6.45) is 0.621. The Kier molecular flexibility index (Phi) is 5.54. The highest BCUT2D eigenvalue weighted by Crippen LogP contribution is 2.36. The van der Waals surface area contributed by atoms with Gasteiger partial charge >= 0.3 is 0 Å². The molecule has 0 unspecified atom stereocenters. The number of rotatable bonds is 5. The van der Waals surface area contributed by atoms with E-state index in [1.807, 2.05) is 31.2 Å². The molecule has 0 aliphatic carbocycles. The van der Waals surface area contributed by atoms with E-state index in [-0.39, 0.29) is 5.82 Å². The standard InChI is InChI=1S/C17H16Cl3F/c1-12-8-14(21)7-6-13(12)9-17(10-18,11-19)15-4-2-3-5-16(15)20/h2-8H,9-11H2,1H3. The Morgan fingerprint density at radius 1 is 1.05 bits per heavy atom. The van der Waals surface area contributed by atoms with Gasteiger partial charge in [0.15, 0.2) is 0 Å². The van der Waals surface area contributed by atoms with E-state index in [2.05, 4.69) is 0 Å². The van der Waals surface area contributed by atoms with Crippen LogP contribution in [0.5, 0.6) is 0 Å². The van der Waals surface area contributed by atoms with Gasteiger partial charge in [-0.3, -0.25) is 0 Å². The van der Waals surface area contributed by atoms with E-state index < -0.39 is 5.41 Å². The third-order valence-electron chi connectivity index (χ3n) is 3.79. The van der Waals surface area contributed by atoms with Crippen molar-refractivity contribution >= 4 is 34.8 Å². The number of benzene rings is 2. The molecule has 0 saturated carbocycles. The molecule has 2 rings (SSSR count). The number of hydrogen-bond donors (Lipinski definition) is 0. The lowest BCUT2D eigenvalue weighted by molar-refractivity contribution is 0.533. The van der Waals surface area contributed by atoms with Crippen molar-refractivity contribution in [2.75, 3.05) is 11.8 Å². The van der Waals surface area contributed by atoms with Crippen LogP contribution in [-0.2, 0) is 11.8 Å². The van der Waals surface area contributed by atoms with E-state index in [0.717, 1.165) is 16.7 Å². The summed E-state index contributed by atoms with van der Waals surface area (Å²) in [7, 11) is 0. The van der Waals surface area contributed by atoms with Crippen molar-refractivity contribution in [1.29, 1.82) is 0 Å². The molecule has 0 spiro atoms. The summed E-state index contributed by atoms with van der Waals surface area (Å²) >= 11 is 18.8. The maximum atomic E-state index is 13.3. The second-order valence-corrected chi connectivity index (χ2v) is 6.22. The average Bonchev–Trinajstić information content (AvgIpc) is 2.48. The Balaban J connectivity index is 2.46. The third kappa shape index (κ3) is 3.53. The minimum atomic E-state index is -0.468. The van der Waals surface area contributed by atoms with Crippen LogP contribution in [0.15, 0.2) is 42.5 Å². The van der Waals surface area contributed by atoms with Gasteiger partial charge in [0, 0.05) is 22.2 Å². The van der Waals surface area contributed by atoms with Gasteiger partial charge in [-0.25, -0.2) is 4.39 Å². The molecule has 2 aromatic carbocycles. The van der Waals surface area contributed by atoms with Crippen molar-refractivity contribution in [1.82, 2.24) is 0 Å². The van der Waals surface area contributed by atoms with Crippen LogP contribution in [0.3, 0.4) is 0 Å². The van der Waals surface area contributed by atoms with Gasteiger partial charge in [-0.15, -0.1) is 23.2 Å². The summed E-state index contributed by atoms with van der Waals surface area (Å²) < 4.78 is 13.3. The molecular weight excluding hydrogens is 330 g/mol. The molecule has 0 heterocycles. The van der Waals surface area contributed by atoms with Crippen LogP contribution in [0.25, 0.3) is 0 Å². The molecule has 0 aliphatic rings. The van der Waals surface area contributed by atoms with Crippen LogP contribution in [-0.4, -0.2) is 11.8 Å². The number of aryl methyl sites for hydroxylation is 1. The first-order valence-electron chi connectivity index (χ1n) is 6.64. The van der Waals surface area contributed by atoms with Crippen molar-refractivity contribution in [2.24, 2.45) is 0 Å². The van der Waals surface area contributed by atoms with E-state index in [4.69, 9.17) is 34.8 Å². The molecule has 0 N–H and O–H groups in total. The molecule has 112 valence electrons. The summed E-state index contributed by atoms with van der Waals surface area (Å²) in [5, 5.41) is 0.651. The average molecular weight is 346 g/mol. The monoisotopic (exact) mass is 344 g/mol. The summed E-state index contributed by atoms with van der Waals surface area (Å²) in [4.78, 5) is 0. The summed E-state index contributed by atoms with van der Waals surface area (Å²) in [5.41, 5.74) is 2.38. The molecule has 0 fully saturated rings. The first-order chi connectivity index (χ1) is 10.0. The van der Waals surface area contributed by atoms with Gasteiger partial charge in [-0.05, 0) is 48.2 Å². The molecule has 21 heavy (non-hydrogen) atoms. The van der Waals surface area contributed by atoms with Crippen molar-refractivity contribution in [2.45, 2.75) is 18.8 Å². The quantitative estimate of drug-likeness (QED) is 0.606. The smallest absolute Gasteiger partial charge is 0.123 e. The summed E-state index contributed by atoms with van der Waals surface area (Å²) in [6, 6.07) is 12.4. The van der Waals surface area contributed by atoms with Crippen LogP contribution in [0, 0.1) is 12.7 Å². The second kappa shape index (κ2) is 7.00. The molecule has 0 saturated heterocycles. The summed E-state index contributed by atoms with van der Waals surface area (Å²) in [6.45, 7) is 1.89. The highest BCUT2D eigenvalue weighted by Gasteiger charge is 2.33. The maximum absolute atomic E-state index is 13.3. The van der Waals surface area contributed by atoms with Gasteiger partial charge in [0.2, 0.25) is 0 Å². The molecule has 2 aromatic rings. The van der Waals surface area contributed by atoms with E-state index in [9.17, 15) is 4.39 Å². The summed E-state index contributed by atoms with van der Waals surface area (Å²) in [5.74, 6) is 0.449. The lowest BCUT2D eigenvalue weighted by atomic mass is 9.78. The Labute approximate surface area is 139 Å². The van der Waals surface area contributed by atoms with Crippen molar-refractivity contribution < 1.29 is 4.39 Å². The number of hydrogen-bond acceptors (Lipinski definition) is 0. The number of alkyl halides is 2. The third-order valence-corrected chi connectivity index (χ3v) is 5.14. The SMILES string of the molecule is Cc1cc(F)ccc1CC(CCl)(CCl)c1ccccc1Cl. The van der Waals surface area contributed by atoms with Crippen LogP contribution in [0.4, 0.5) is 4.39 Å². The fraction of sp³-hybridized carbons (Fsp3) is 0.294. The topological polar surface area (TPSA) is 0 Å². The van der Waals surface area contributed by atoms with Crippen LogP contribution in [0.1, 0.15) is 16.7 Å². The Morgan fingerprint density at radius 2 is 1.71 bits per heavy atom. The van der Waals surface area contributed by atoms with E-state index >= 15 is 0 Å². The second-order valence-electron chi connectivity index (χ2n) is 5.28. The van der Waals surface area contributed by atoms with E-state index in [1.54, 1.807) is 6.07 Å². The van der Waals surface area contributed by atoms with Gasteiger partial charge < -0.3 is 0 Å². The van der Waals surface area contributed by atoms with Crippen LogP contribution >= 0.6 is 34.8 Å². The zero-order valence-electron chi connectivity index (χ0n) is 11.7. The molecule has 0 radical (unpaired) electrons. The van der Waals surface area contributed by atoms with Gasteiger partial charge in [0.1, 0.15) is 5.82 Å². The highest BCUT2D eigenvalue weighted by atomic mass is 35.5. The fourth-order valence-corrected chi connectivity index (χ4v) is 3.58. The Hall–Kier alpha value is -0.760. The predicted octanol–water partition coefficient (Wildman–Crippen LogP) is 5.75. The fourth-order valence-electron chi connectivity index (χ4n) is 2.48. The molecule has 0 amide bonds. The number of halogens is 4. The molecule has 0 aromatic heterocycles. The van der Waals surface area contributed by atoms with Crippen molar-refractivity contribution in [3.8, 4) is 0 Å². The maximum Gasteiger partial charge on any atom is 0.123 e. The lowest BCUT2D eigenvalue weighted by Gasteiger charge is -2.32. The Morgan fingerprint density at radius 3 is 2.29 bits per heavy atom. The minimum absolute atomic E-state index is 0.239. The van der Waals surface area contributed by atoms with Gasteiger partial charge in [0.25, 0.3) is 0 Å². The lowest BCUT2D eigenvalue weighted by Crippen LogP contribution is -2.34. The highest BCUT2D eigenvalue weighted by molar-refractivity contribution is 6.32. The van der Waals surface area contributed by atoms with E-state index in [0.29, 0.717) is 23.2 Å². The molecule has 0 aliphatic heterocycles. The molecule has 0 nitrogen and oxygen atoms in total. The van der Waals surface area contributed by atoms with Gasteiger partial charge in [0.05, 0.1) is 0 Å². The molecule has 4 heteroatoms. The molecule has 0 bridgehead atoms. The van der Waals surface area contributed by atoms with Crippen molar-refractivity contribution in [3.05, 3.63) is 70.0 Å². The zero-order valence-corrected chi connectivity index (χ0v) is 13.9. The van der Waals surface area contributed by atoms with E-state index in [1.165, 1.54) is 12.1 Å². The first kappa shape index (κ1) is 16.6. The molecular formula is C17H16Cl3F. The first-order valence-corrected chi connectivity index (χ1v) is 8.09. The Bertz CT molecular complexity index is 621. The van der Waals surface area contributed by atoms with Crippen LogP contribution < -0.4 is 0 Å². The van der Waals surface area contributed by atoms with Crippen LogP contribution in [0.2, 0.25) is 5.02 Å². The van der Waals surface area contributed by atoms with Gasteiger partial charge in [-0.1, -0.05) is 35.9 Å². The normalized spacial score (nSPS) is 11.7. The predicted molar refractivity (Wildman–Crippen MR) is 89.4 cm³/mol.